The van der Waals surface area contributed by atoms with Crippen molar-refractivity contribution in [3.05, 3.63) is 52.9 Å². The number of aliphatic hydroxyl groups excluding tert-OH is 1. The molecule has 27 heavy (non-hydrogen) atoms. The molecule has 1 fully saturated rings. The van der Waals surface area contributed by atoms with E-state index in [0.29, 0.717) is 23.4 Å². The molecular formula is C20H21N3O4. The number of hydrogen-bond acceptors (Lipinski definition) is 6. The van der Waals surface area contributed by atoms with Crippen molar-refractivity contribution >= 4 is 11.7 Å². The Morgan fingerprint density at radius 3 is 2.74 bits per heavy atom. The van der Waals surface area contributed by atoms with Crippen LogP contribution >= 0.6 is 0 Å². The molecule has 7 heteroatoms. The number of amides is 1. The second-order valence-corrected chi connectivity index (χ2v) is 6.84. The molecule has 0 aliphatic carbocycles. The summed E-state index contributed by atoms with van der Waals surface area (Å²) in [5.74, 6) is 0.125. The standard InChI is InChI=1S/C20H21N3O4/c1-13-8-17(27-22-13)10-20(26)23-12-16(24)9-18(23)19(25)7-6-14-2-4-15(11-21)5-3-14/h2-5,8,16,18,24H,6-7,9-10,12H2,1H3/t16-,18+/m1/s1. The fourth-order valence-corrected chi connectivity index (χ4v) is 3.32. The zero-order valence-corrected chi connectivity index (χ0v) is 15.1. The van der Waals surface area contributed by atoms with Gasteiger partial charge in [-0.3, -0.25) is 9.59 Å². The summed E-state index contributed by atoms with van der Waals surface area (Å²) in [7, 11) is 0. The third-order valence-corrected chi connectivity index (χ3v) is 4.72. The molecular weight excluding hydrogens is 346 g/mol. The number of nitriles is 1. The molecule has 3 rings (SSSR count). The first-order valence-corrected chi connectivity index (χ1v) is 8.87. The zero-order valence-electron chi connectivity index (χ0n) is 15.1. The summed E-state index contributed by atoms with van der Waals surface area (Å²) in [5, 5.41) is 22.6. The molecule has 2 atom stereocenters. The first-order valence-electron chi connectivity index (χ1n) is 8.87. The lowest BCUT2D eigenvalue weighted by Gasteiger charge is -2.23. The fraction of sp³-hybridized carbons (Fsp3) is 0.400. The number of carbonyl (C=O) groups excluding carboxylic acids is 2. The molecule has 0 bridgehead atoms. The number of aliphatic hydroxyl groups is 1. The molecule has 1 saturated heterocycles. The Morgan fingerprint density at radius 1 is 1.37 bits per heavy atom. The van der Waals surface area contributed by atoms with Crippen molar-refractivity contribution in [3.8, 4) is 6.07 Å². The van der Waals surface area contributed by atoms with Gasteiger partial charge >= 0.3 is 0 Å². The first-order chi connectivity index (χ1) is 13.0. The highest BCUT2D eigenvalue weighted by atomic mass is 16.5. The normalized spacial score (nSPS) is 19.1. The summed E-state index contributed by atoms with van der Waals surface area (Å²) in [4.78, 5) is 26.7. The van der Waals surface area contributed by atoms with E-state index < -0.39 is 12.1 Å². The lowest BCUT2D eigenvalue weighted by Crippen LogP contribution is -2.41. The lowest BCUT2D eigenvalue weighted by atomic mass is 10.0. The molecule has 0 radical (unpaired) electrons. The molecule has 140 valence electrons. The van der Waals surface area contributed by atoms with Crippen LogP contribution in [0.3, 0.4) is 0 Å². The Hall–Kier alpha value is -2.98. The number of likely N-dealkylation sites (tertiary alicyclic amines) is 1. The predicted molar refractivity (Wildman–Crippen MR) is 95.6 cm³/mol. The van der Waals surface area contributed by atoms with E-state index in [2.05, 4.69) is 11.2 Å². The van der Waals surface area contributed by atoms with Crippen LogP contribution in [-0.4, -0.2) is 45.5 Å². The number of Topliss-reactive ketones (excluding diaryl/α,β-unsaturated/α-hetero) is 1. The quantitative estimate of drug-likeness (QED) is 0.830. The Balaban J connectivity index is 1.61. The molecule has 1 aliphatic rings. The summed E-state index contributed by atoms with van der Waals surface area (Å²) in [6, 6.07) is 10.2. The number of β-amino-alcohol motifs (C(OH)–C–C–N with tert-alkyl or cyclic N) is 1. The first kappa shape index (κ1) is 18.8. The Kier molecular flexibility index (Phi) is 5.67. The maximum absolute atomic E-state index is 12.7. The highest BCUT2D eigenvalue weighted by Crippen LogP contribution is 2.22. The van der Waals surface area contributed by atoms with Gasteiger partial charge in [0.05, 0.1) is 35.9 Å². The topological polar surface area (TPSA) is 107 Å². The van der Waals surface area contributed by atoms with Gasteiger partial charge in [-0.15, -0.1) is 0 Å². The van der Waals surface area contributed by atoms with Crippen LogP contribution in [0.1, 0.15) is 35.4 Å². The number of ketones is 1. The average Bonchev–Trinajstić information content (AvgIpc) is 3.25. The van der Waals surface area contributed by atoms with E-state index >= 15 is 0 Å². The van der Waals surface area contributed by atoms with Gasteiger partial charge in [-0.05, 0) is 31.0 Å². The monoisotopic (exact) mass is 367 g/mol. The maximum atomic E-state index is 12.7. The predicted octanol–water partition coefficient (Wildman–Crippen LogP) is 1.56. The molecule has 1 aromatic heterocycles. The van der Waals surface area contributed by atoms with E-state index in [-0.39, 0.29) is 37.5 Å². The molecule has 1 aliphatic heterocycles. The molecule has 1 N–H and O–H groups in total. The second-order valence-electron chi connectivity index (χ2n) is 6.84. The Labute approximate surface area is 157 Å². The largest absolute Gasteiger partial charge is 0.391 e. The fourth-order valence-electron chi connectivity index (χ4n) is 3.32. The van der Waals surface area contributed by atoms with E-state index in [1.54, 1.807) is 25.1 Å². The number of hydrogen-bond donors (Lipinski definition) is 1. The number of aryl methyl sites for hydroxylation is 2. The molecule has 0 unspecified atom stereocenters. The van der Waals surface area contributed by atoms with E-state index in [1.165, 1.54) is 4.90 Å². The van der Waals surface area contributed by atoms with Gasteiger partial charge in [-0.1, -0.05) is 17.3 Å². The van der Waals surface area contributed by atoms with Gasteiger partial charge in [0.15, 0.2) is 5.78 Å². The van der Waals surface area contributed by atoms with Crippen LogP contribution in [0.2, 0.25) is 0 Å². The van der Waals surface area contributed by atoms with Crippen LogP contribution in [0, 0.1) is 18.3 Å². The summed E-state index contributed by atoms with van der Waals surface area (Å²) in [6.45, 7) is 1.92. The second kappa shape index (κ2) is 8.14. The van der Waals surface area contributed by atoms with Crippen molar-refractivity contribution in [1.29, 1.82) is 5.26 Å². The van der Waals surface area contributed by atoms with Crippen LogP contribution in [0.15, 0.2) is 34.9 Å². The van der Waals surface area contributed by atoms with E-state index in [1.807, 2.05) is 12.1 Å². The molecule has 1 aromatic carbocycles. The molecule has 1 amide bonds. The SMILES string of the molecule is Cc1cc(CC(=O)N2C[C@H](O)C[C@H]2C(=O)CCc2ccc(C#N)cc2)on1. The minimum Gasteiger partial charge on any atom is -0.391 e. The van der Waals surface area contributed by atoms with E-state index in [0.717, 1.165) is 5.56 Å². The summed E-state index contributed by atoms with van der Waals surface area (Å²) < 4.78 is 5.07. The minimum atomic E-state index is -0.700. The molecule has 7 nitrogen and oxygen atoms in total. The van der Waals surface area contributed by atoms with Gasteiger partial charge in [-0.25, -0.2) is 0 Å². The van der Waals surface area contributed by atoms with E-state index in [4.69, 9.17) is 9.78 Å². The van der Waals surface area contributed by atoms with Crippen molar-refractivity contribution in [2.24, 2.45) is 0 Å². The highest BCUT2D eigenvalue weighted by Gasteiger charge is 2.38. The van der Waals surface area contributed by atoms with E-state index in [9.17, 15) is 14.7 Å². The van der Waals surface area contributed by atoms with Gasteiger partial charge in [0.2, 0.25) is 5.91 Å². The average molecular weight is 367 g/mol. The van der Waals surface area contributed by atoms with Crippen LogP contribution in [-0.2, 0) is 22.4 Å². The summed E-state index contributed by atoms with van der Waals surface area (Å²) in [6.07, 6.45) is 0.379. The van der Waals surface area contributed by atoms with Crippen molar-refractivity contribution in [2.75, 3.05) is 6.54 Å². The number of rotatable bonds is 6. The van der Waals surface area contributed by atoms with Crippen LogP contribution in [0.25, 0.3) is 0 Å². The van der Waals surface area contributed by atoms with Gasteiger partial charge < -0.3 is 14.5 Å². The van der Waals surface area contributed by atoms with Crippen LogP contribution in [0.5, 0.6) is 0 Å². The molecule has 2 aromatic rings. The van der Waals surface area contributed by atoms with Crippen LogP contribution < -0.4 is 0 Å². The Bertz CT molecular complexity index is 866. The third-order valence-electron chi connectivity index (χ3n) is 4.72. The smallest absolute Gasteiger partial charge is 0.231 e. The number of aromatic nitrogens is 1. The van der Waals surface area contributed by atoms with Gasteiger partial charge in [-0.2, -0.15) is 5.26 Å². The summed E-state index contributed by atoms with van der Waals surface area (Å²) >= 11 is 0. The maximum Gasteiger partial charge on any atom is 0.231 e. The lowest BCUT2D eigenvalue weighted by molar-refractivity contribution is -0.137. The van der Waals surface area contributed by atoms with Crippen LogP contribution in [0.4, 0.5) is 0 Å². The van der Waals surface area contributed by atoms with Gasteiger partial charge in [0.25, 0.3) is 0 Å². The van der Waals surface area contributed by atoms with Crippen molar-refractivity contribution in [3.63, 3.8) is 0 Å². The molecule has 2 heterocycles. The Morgan fingerprint density at radius 2 is 2.11 bits per heavy atom. The molecule has 0 spiro atoms. The van der Waals surface area contributed by atoms with Crippen molar-refractivity contribution in [2.45, 2.75) is 44.8 Å². The van der Waals surface area contributed by atoms with Crippen molar-refractivity contribution in [1.82, 2.24) is 10.1 Å². The number of benzene rings is 1. The number of carbonyl (C=O) groups is 2. The minimum absolute atomic E-state index is 0.0208. The highest BCUT2D eigenvalue weighted by molar-refractivity contribution is 5.90. The van der Waals surface area contributed by atoms with Crippen molar-refractivity contribution < 1.29 is 19.2 Å². The van der Waals surface area contributed by atoms with Gasteiger partial charge in [0, 0.05) is 25.5 Å². The number of nitrogens with zero attached hydrogens (tertiary/aromatic N) is 3. The molecule has 0 saturated carbocycles. The summed E-state index contributed by atoms with van der Waals surface area (Å²) in [5.41, 5.74) is 2.22. The zero-order chi connectivity index (χ0) is 19.4. The third kappa shape index (κ3) is 4.60. The van der Waals surface area contributed by atoms with Gasteiger partial charge in [0.1, 0.15) is 5.76 Å².